The highest BCUT2D eigenvalue weighted by atomic mass is 35.5. The van der Waals surface area contributed by atoms with Crippen molar-refractivity contribution < 1.29 is 9.90 Å². The largest absolute Gasteiger partial charge is 0.478 e. The van der Waals surface area contributed by atoms with Crippen molar-refractivity contribution in [2.24, 2.45) is 0 Å². The molecular weight excluding hydrogens is 308 g/mol. The second kappa shape index (κ2) is 7.98. The van der Waals surface area contributed by atoms with Gasteiger partial charge in [-0.15, -0.1) is 6.58 Å². The predicted molar refractivity (Wildman–Crippen MR) is 95.4 cm³/mol. The van der Waals surface area contributed by atoms with Gasteiger partial charge in [0.15, 0.2) is 0 Å². The van der Waals surface area contributed by atoms with Crippen LogP contribution in [0.2, 0.25) is 5.02 Å². The zero-order chi connectivity index (χ0) is 16.8. The fraction of sp³-hybridized carbons (Fsp3) is 0.250. The van der Waals surface area contributed by atoms with E-state index < -0.39 is 5.97 Å². The molecule has 0 radical (unpaired) electrons. The van der Waals surface area contributed by atoms with E-state index in [1.165, 1.54) is 5.56 Å². The highest BCUT2D eigenvalue weighted by Crippen LogP contribution is 2.37. The highest BCUT2D eigenvalue weighted by molar-refractivity contribution is 6.30. The Kier molecular flexibility index (Phi) is 6.00. The van der Waals surface area contributed by atoms with E-state index in [0.29, 0.717) is 5.56 Å². The Hall–Kier alpha value is -2.06. The molecule has 1 N–H and O–H groups in total. The van der Waals surface area contributed by atoms with Gasteiger partial charge in [-0.3, -0.25) is 0 Å². The molecule has 0 saturated heterocycles. The van der Waals surface area contributed by atoms with E-state index in [1.807, 2.05) is 42.5 Å². The summed E-state index contributed by atoms with van der Waals surface area (Å²) in [4.78, 5) is 11.0. The summed E-state index contributed by atoms with van der Waals surface area (Å²) in [5.74, 6) is -0.467. The molecule has 0 bridgehead atoms. The molecule has 2 atom stereocenters. The number of aromatic carboxylic acids is 1. The molecule has 0 heterocycles. The smallest absolute Gasteiger partial charge is 0.335 e. The number of hydrogen-bond acceptors (Lipinski definition) is 1. The third kappa shape index (κ3) is 4.23. The van der Waals surface area contributed by atoms with Crippen LogP contribution in [0.4, 0.5) is 0 Å². The first-order valence-corrected chi connectivity index (χ1v) is 8.16. The van der Waals surface area contributed by atoms with E-state index in [-0.39, 0.29) is 11.8 Å². The zero-order valence-corrected chi connectivity index (χ0v) is 14.0. The topological polar surface area (TPSA) is 37.3 Å². The quantitative estimate of drug-likeness (QED) is 0.643. The van der Waals surface area contributed by atoms with Gasteiger partial charge in [-0.2, -0.15) is 0 Å². The first-order valence-electron chi connectivity index (χ1n) is 7.78. The Bertz CT molecular complexity index is 659. The molecule has 0 aliphatic heterocycles. The molecule has 23 heavy (non-hydrogen) atoms. The minimum atomic E-state index is -0.901. The minimum absolute atomic E-state index is 0.169. The lowest BCUT2D eigenvalue weighted by molar-refractivity contribution is 0.0697. The van der Waals surface area contributed by atoms with Crippen LogP contribution in [0.5, 0.6) is 0 Å². The number of hydrogen-bond donors (Lipinski definition) is 1. The molecule has 0 spiro atoms. The van der Waals surface area contributed by atoms with Gasteiger partial charge in [-0.05, 0) is 47.7 Å². The summed E-state index contributed by atoms with van der Waals surface area (Å²) >= 11 is 5.98. The molecule has 2 aromatic carbocycles. The Labute approximate surface area is 142 Å². The van der Waals surface area contributed by atoms with Crippen molar-refractivity contribution in [1.29, 1.82) is 0 Å². The number of carboxylic acid groups (broad SMARTS) is 1. The SMILES string of the molecule is C=CC(c1ccc(Cl)cc1)C(CCC)c1ccc(C(=O)O)cc1. The fourth-order valence-electron chi connectivity index (χ4n) is 2.96. The minimum Gasteiger partial charge on any atom is -0.478 e. The van der Waals surface area contributed by atoms with Crippen LogP contribution in [0.25, 0.3) is 0 Å². The number of rotatable bonds is 7. The molecular formula is C20H21ClO2. The average Bonchev–Trinajstić information content (AvgIpc) is 2.56. The zero-order valence-electron chi connectivity index (χ0n) is 13.2. The first-order chi connectivity index (χ1) is 11.1. The fourth-order valence-corrected chi connectivity index (χ4v) is 3.08. The van der Waals surface area contributed by atoms with Gasteiger partial charge in [0, 0.05) is 10.9 Å². The number of halogens is 1. The van der Waals surface area contributed by atoms with Crippen LogP contribution in [0.15, 0.2) is 61.2 Å². The second-order valence-electron chi connectivity index (χ2n) is 5.64. The Morgan fingerprint density at radius 2 is 1.70 bits per heavy atom. The molecule has 0 saturated carbocycles. The monoisotopic (exact) mass is 328 g/mol. The van der Waals surface area contributed by atoms with Crippen molar-refractivity contribution in [1.82, 2.24) is 0 Å². The van der Waals surface area contributed by atoms with Gasteiger partial charge >= 0.3 is 5.97 Å². The molecule has 0 fully saturated rings. The van der Waals surface area contributed by atoms with E-state index in [4.69, 9.17) is 16.7 Å². The Morgan fingerprint density at radius 3 is 2.17 bits per heavy atom. The molecule has 2 aromatic rings. The van der Waals surface area contributed by atoms with Crippen molar-refractivity contribution in [2.75, 3.05) is 0 Å². The van der Waals surface area contributed by atoms with Crippen molar-refractivity contribution in [2.45, 2.75) is 31.6 Å². The maximum Gasteiger partial charge on any atom is 0.335 e. The van der Waals surface area contributed by atoms with Crippen molar-refractivity contribution in [3.63, 3.8) is 0 Å². The van der Waals surface area contributed by atoms with Gasteiger partial charge in [0.2, 0.25) is 0 Å². The molecule has 0 aromatic heterocycles. The van der Waals surface area contributed by atoms with Crippen LogP contribution in [-0.4, -0.2) is 11.1 Å². The molecule has 0 amide bonds. The number of allylic oxidation sites excluding steroid dienone is 1. The molecule has 2 unspecified atom stereocenters. The maximum atomic E-state index is 11.0. The maximum absolute atomic E-state index is 11.0. The van der Waals surface area contributed by atoms with Crippen LogP contribution in [0.1, 0.15) is 53.1 Å². The van der Waals surface area contributed by atoms with E-state index in [1.54, 1.807) is 12.1 Å². The van der Waals surface area contributed by atoms with Crippen LogP contribution in [-0.2, 0) is 0 Å². The van der Waals surface area contributed by atoms with Gasteiger partial charge in [-0.1, -0.05) is 55.3 Å². The standard InChI is InChI=1S/C20H21ClO2/c1-3-5-19(15-6-8-16(9-7-15)20(22)23)18(4-2)14-10-12-17(21)13-11-14/h4,6-13,18-19H,2-3,5H2,1H3,(H,22,23). The van der Waals surface area contributed by atoms with E-state index >= 15 is 0 Å². The molecule has 2 rings (SSSR count). The number of benzene rings is 2. The van der Waals surface area contributed by atoms with E-state index in [2.05, 4.69) is 13.5 Å². The lowest BCUT2D eigenvalue weighted by atomic mass is 9.79. The van der Waals surface area contributed by atoms with Crippen LogP contribution >= 0.6 is 11.6 Å². The van der Waals surface area contributed by atoms with Crippen molar-refractivity contribution >= 4 is 17.6 Å². The van der Waals surface area contributed by atoms with Crippen LogP contribution < -0.4 is 0 Å². The highest BCUT2D eigenvalue weighted by Gasteiger charge is 2.22. The number of carbonyl (C=O) groups is 1. The van der Waals surface area contributed by atoms with Gasteiger partial charge in [0.1, 0.15) is 0 Å². The Balaban J connectivity index is 2.36. The third-order valence-corrected chi connectivity index (χ3v) is 4.38. The van der Waals surface area contributed by atoms with Crippen molar-refractivity contribution in [3.05, 3.63) is 82.9 Å². The summed E-state index contributed by atoms with van der Waals surface area (Å²) in [5, 5.41) is 9.77. The van der Waals surface area contributed by atoms with Crippen LogP contribution in [0, 0.1) is 0 Å². The van der Waals surface area contributed by atoms with Crippen LogP contribution in [0.3, 0.4) is 0 Å². The summed E-state index contributed by atoms with van der Waals surface area (Å²) in [6.45, 7) is 6.16. The summed E-state index contributed by atoms with van der Waals surface area (Å²) in [6, 6.07) is 15.0. The summed E-state index contributed by atoms with van der Waals surface area (Å²) in [6.07, 6.45) is 4.02. The lowest BCUT2D eigenvalue weighted by Crippen LogP contribution is -2.10. The lowest BCUT2D eigenvalue weighted by Gasteiger charge is -2.25. The molecule has 120 valence electrons. The van der Waals surface area contributed by atoms with Gasteiger partial charge in [0.05, 0.1) is 5.56 Å². The summed E-state index contributed by atoms with van der Waals surface area (Å²) in [5.41, 5.74) is 2.62. The van der Waals surface area contributed by atoms with E-state index in [9.17, 15) is 4.79 Å². The van der Waals surface area contributed by atoms with E-state index in [0.717, 1.165) is 23.4 Å². The molecule has 0 aliphatic carbocycles. The molecule has 3 heteroatoms. The number of carboxylic acids is 1. The van der Waals surface area contributed by atoms with Gasteiger partial charge in [-0.25, -0.2) is 4.79 Å². The predicted octanol–water partition coefficient (Wildman–Crippen LogP) is 5.89. The van der Waals surface area contributed by atoms with Gasteiger partial charge in [0.25, 0.3) is 0 Å². The summed E-state index contributed by atoms with van der Waals surface area (Å²) in [7, 11) is 0. The Morgan fingerprint density at radius 1 is 1.13 bits per heavy atom. The second-order valence-corrected chi connectivity index (χ2v) is 6.07. The molecule has 2 nitrogen and oxygen atoms in total. The van der Waals surface area contributed by atoms with Gasteiger partial charge < -0.3 is 5.11 Å². The summed E-state index contributed by atoms with van der Waals surface area (Å²) < 4.78 is 0. The molecule has 0 aliphatic rings. The average molecular weight is 329 g/mol. The third-order valence-electron chi connectivity index (χ3n) is 4.13. The van der Waals surface area contributed by atoms with Crippen molar-refractivity contribution in [3.8, 4) is 0 Å². The normalized spacial score (nSPS) is 13.3. The first kappa shape index (κ1) is 17.3.